The van der Waals surface area contributed by atoms with Crippen molar-refractivity contribution in [2.75, 3.05) is 5.73 Å². The molecular formula is C13H6ClFN4O5. The Morgan fingerprint density at radius 2 is 1.88 bits per heavy atom. The number of amides is 2. The van der Waals surface area contributed by atoms with Crippen LogP contribution >= 0.6 is 11.6 Å². The number of non-ortho nitro benzene ring substituents is 1. The number of fused-ring (bicyclic) bond motifs is 1. The molecule has 0 bridgehead atoms. The van der Waals surface area contributed by atoms with Gasteiger partial charge in [-0.3, -0.25) is 34.4 Å². The van der Waals surface area contributed by atoms with Crippen LogP contribution in [0, 0.1) is 15.9 Å². The second-order valence-corrected chi connectivity index (χ2v) is 5.20. The first-order chi connectivity index (χ1) is 11.2. The van der Waals surface area contributed by atoms with Crippen molar-refractivity contribution >= 4 is 34.9 Å². The average molecular weight is 353 g/mol. The minimum Gasteiger partial charge on any atom is -0.384 e. The Bertz CT molecular complexity index is 993. The number of aromatic nitrogens is 1. The number of carbonyl (C=O) groups excluding carboxylic acids is 2. The Morgan fingerprint density at radius 1 is 1.21 bits per heavy atom. The lowest BCUT2D eigenvalue weighted by molar-refractivity contribution is -0.385. The molecule has 2 amide bonds. The Morgan fingerprint density at radius 3 is 2.46 bits per heavy atom. The van der Waals surface area contributed by atoms with E-state index < -0.39 is 50.3 Å². The molecule has 3 N–H and O–H groups in total. The fraction of sp³-hybridized carbons (Fsp3) is 0. The summed E-state index contributed by atoms with van der Waals surface area (Å²) in [5, 5.41) is 12.2. The number of pyridine rings is 1. The van der Waals surface area contributed by atoms with Crippen molar-refractivity contribution < 1.29 is 18.9 Å². The molecule has 0 spiro atoms. The second-order valence-electron chi connectivity index (χ2n) is 4.79. The van der Waals surface area contributed by atoms with Gasteiger partial charge in [0.05, 0.1) is 27.1 Å². The smallest absolute Gasteiger partial charge is 0.274 e. The number of nitrogens with two attached hydrogens (primary N) is 1. The lowest BCUT2D eigenvalue weighted by Gasteiger charge is -2.13. The van der Waals surface area contributed by atoms with Crippen molar-refractivity contribution in [1.29, 1.82) is 0 Å². The normalized spacial score (nSPS) is 12.9. The number of nitro benzene ring substituents is 1. The minimum atomic E-state index is -1.19. The van der Waals surface area contributed by atoms with E-state index in [0.717, 1.165) is 12.1 Å². The molecule has 1 aromatic carbocycles. The van der Waals surface area contributed by atoms with Crippen LogP contribution in [0.5, 0.6) is 0 Å². The van der Waals surface area contributed by atoms with E-state index in [0.29, 0.717) is 10.6 Å². The summed E-state index contributed by atoms with van der Waals surface area (Å²) in [6.45, 7) is 0. The summed E-state index contributed by atoms with van der Waals surface area (Å²) in [7, 11) is 0. The van der Waals surface area contributed by atoms with Crippen LogP contribution in [0.1, 0.15) is 20.7 Å². The molecule has 0 saturated carbocycles. The fourth-order valence-corrected chi connectivity index (χ4v) is 2.67. The van der Waals surface area contributed by atoms with Crippen molar-refractivity contribution in [3.63, 3.8) is 0 Å². The van der Waals surface area contributed by atoms with Gasteiger partial charge in [-0.15, -0.1) is 0 Å². The third-order valence-electron chi connectivity index (χ3n) is 3.39. The number of hydrogen-bond acceptors (Lipinski definition) is 6. The molecule has 0 saturated heterocycles. The molecule has 3 rings (SSSR count). The van der Waals surface area contributed by atoms with Crippen LogP contribution < -0.4 is 16.6 Å². The molecule has 0 aliphatic carbocycles. The number of nitrogens with zero attached hydrogens (tertiary/aromatic N) is 2. The third-order valence-corrected chi connectivity index (χ3v) is 3.68. The van der Waals surface area contributed by atoms with Gasteiger partial charge in [0.1, 0.15) is 11.5 Å². The first-order valence-electron chi connectivity index (χ1n) is 6.27. The van der Waals surface area contributed by atoms with E-state index in [1.807, 2.05) is 5.32 Å². The van der Waals surface area contributed by atoms with Gasteiger partial charge in [-0.2, -0.15) is 0 Å². The van der Waals surface area contributed by atoms with Gasteiger partial charge in [0, 0.05) is 12.1 Å². The number of nitrogens with one attached hydrogen (secondary N) is 1. The van der Waals surface area contributed by atoms with Gasteiger partial charge in [0.25, 0.3) is 23.1 Å². The topological polar surface area (TPSA) is 137 Å². The van der Waals surface area contributed by atoms with Gasteiger partial charge in [0.15, 0.2) is 5.82 Å². The van der Waals surface area contributed by atoms with Gasteiger partial charge in [-0.1, -0.05) is 11.6 Å². The van der Waals surface area contributed by atoms with Gasteiger partial charge in [-0.25, -0.2) is 4.39 Å². The number of nitrogen functional groups attached to an aromatic ring is 1. The van der Waals surface area contributed by atoms with Crippen LogP contribution in [0.25, 0.3) is 5.69 Å². The maximum absolute atomic E-state index is 14.3. The molecule has 24 heavy (non-hydrogen) atoms. The van der Waals surface area contributed by atoms with Gasteiger partial charge >= 0.3 is 0 Å². The molecule has 1 aromatic heterocycles. The van der Waals surface area contributed by atoms with E-state index >= 15 is 0 Å². The van der Waals surface area contributed by atoms with E-state index in [4.69, 9.17) is 17.3 Å². The van der Waals surface area contributed by atoms with Crippen LogP contribution in [-0.2, 0) is 0 Å². The largest absolute Gasteiger partial charge is 0.384 e. The van der Waals surface area contributed by atoms with E-state index in [9.17, 15) is 28.9 Å². The Balaban J connectivity index is 2.36. The molecule has 1 aliphatic heterocycles. The molecule has 0 radical (unpaired) electrons. The molecule has 1 aliphatic rings. The highest BCUT2D eigenvalue weighted by atomic mass is 35.5. The highest BCUT2D eigenvalue weighted by molar-refractivity contribution is 6.32. The quantitative estimate of drug-likeness (QED) is 0.470. The number of benzene rings is 1. The highest BCUT2D eigenvalue weighted by Crippen LogP contribution is 2.31. The molecule has 2 aromatic rings. The minimum absolute atomic E-state index is 0.239. The molecule has 2 heterocycles. The van der Waals surface area contributed by atoms with E-state index in [1.54, 1.807) is 0 Å². The zero-order valence-electron chi connectivity index (χ0n) is 11.5. The zero-order chi connectivity index (χ0) is 17.8. The van der Waals surface area contributed by atoms with Gasteiger partial charge in [-0.05, 0) is 0 Å². The van der Waals surface area contributed by atoms with Gasteiger partial charge in [0.2, 0.25) is 0 Å². The number of halogens is 2. The lowest BCUT2D eigenvalue weighted by Crippen LogP contribution is -2.25. The number of imide groups is 1. The predicted octanol–water partition coefficient (Wildman–Crippen LogP) is 1.00. The zero-order valence-corrected chi connectivity index (χ0v) is 12.3. The van der Waals surface area contributed by atoms with Crippen LogP contribution in [0.3, 0.4) is 0 Å². The maximum atomic E-state index is 14.3. The average Bonchev–Trinajstić information content (AvgIpc) is 2.75. The van der Waals surface area contributed by atoms with E-state index in [2.05, 4.69) is 0 Å². The molecule has 0 unspecified atom stereocenters. The van der Waals surface area contributed by atoms with Crippen molar-refractivity contribution in [1.82, 2.24) is 9.88 Å². The number of anilines is 1. The van der Waals surface area contributed by atoms with Crippen LogP contribution in [-0.4, -0.2) is 21.3 Å². The Hall–Kier alpha value is -3.27. The lowest BCUT2D eigenvalue weighted by atomic mass is 10.1. The summed E-state index contributed by atoms with van der Waals surface area (Å²) in [5.74, 6) is -3.34. The summed E-state index contributed by atoms with van der Waals surface area (Å²) in [6.07, 6.45) is 0. The number of hydrogen-bond donors (Lipinski definition) is 2. The Kier molecular flexibility index (Phi) is 3.34. The molecular weight excluding hydrogens is 347 g/mol. The summed E-state index contributed by atoms with van der Waals surface area (Å²) in [5.41, 5.74) is 3.11. The molecule has 11 heteroatoms. The van der Waals surface area contributed by atoms with Crippen molar-refractivity contribution in [3.8, 4) is 5.69 Å². The summed E-state index contributed by atoms with van der Waals surface area (Å²) in [4.78, 5) is 45.4. The monoisotopic (exact) mass is 352 g/mol. The first-order valence-corrected chi connectivity index (χ1v) is 6.65. The molecule has 9 nitrogen and oxygen atoms in total. The predicted molar refractivity (Wildman–Crippen MR) is 79.9 cm³/mol. The highest BCUT2D eigenvalue weighted by Gasteiger charge is 2.33. The Labute approximate surface area is 136 Å². The number of carbonyl (C=O) groups is 2. The van der Waals surface area contributed by atoms with Crippen LogP contribution in [0.15, 0.2) is 23.0 Å². The molecule has 122 valence electrons. The van der Waals surface area contributed by atoms with Crippen LogP contribution in [0.2, 0.25) is 5.02 Å². The second kappa shape index (κ2) is 5.13. The maximum Gasteiger partial charge on any atom is 0.274 e. The van der Waals surface area contributed by atoms with Gasteiger partial charge < -0.3 is 5.73 Å². The first kappa shape index (κ1) is 15.6. The number of nitro groups is 1. The molecule has 0 atom stereocenters. The summed E-state index contributed by atoms with van der Waals surface area (Å²) < 4.78 is 14.9. The van der Waals surface area contributed by atoms with E-state index in [1.165, 1.54) is 0 Å². The van der Waals surface area contributed by atoms with Crippen molar-refractivity contribution in [2.24, 2.45) is 0 Å². The summed E-state index contributed by atoms with van der Waals surface area (Å²) in [6, 6.07) is 2.21. The standard InChI is InChI=1S/C13H6ClFN4O5/c14-6-1-4(19(23)24)2-7(15)10(6)18-8(20)3-5-9(11(18)16)13(22)17-12(5)21/h1-3H,16H2,(H,17,21,22). The summed E-state index contributed by atoms with van der Waals surface area (Å²) >= 11 is 5.85. The SMILES string of the molecule is Nc1c2c(cc(=O)n1-c1c(F)cc([N+](=O)[O-])cc1Cl)C(=O)NC2=O. The number of rotatable bonds is 2. The van der Waals surface area contributed by atoms with Crippen LogP contribution in [0.4, 0.5) is 15.9 Å². The van der Waals surface area contributed by atoms with Crippen molar-refractivity contribution in [2.45, 2.75) is 0 Å². The molecule has 0 fully saturated rings. The van der Waals surface area contributed by atoms with E-state index in [-0.39, 0.29) is 11.1 Å². The third kappa shape index (κ3) is 2.12. The fourth-order valence-electron chi connectivity index (χ4n) is 2.38. The van der Waals surface area contributed by atoms with Crippen molar-refractivity contribution in [3.05, 3.63) is 60.6 Å².